The monoisotopic (exact) mass is 180 g/mol. The van der Waals surface area contributed by atoms with E-state index in [1.807, 2.05) is 0 Å². The molecule has 0 aromatic heterocycles. The molecule has 0 aromatic rings. The first kappa shape index (κ1) is 10.9. The molecule has 0 heterocycles. The van der Waals surface area contributed by atoms with Gasteiger partial charge in [0.25, 0.3) is 0 Å². The fourth-order valence-corrected chi connectivity index (χ4v) is 2.49. The van der Waals surface area contributed by atoms with Crippen molar-refractivity contribution in [3.63, 3.8) is 0 Å². The van der Waals surface area contributed by atoms with Crippen LogP contribution in [0.1, 0.15) is 53.4 Å². The second-order valence-electron chi connectivity index (χ2n) is 5.43. The van der Waals surface area contributed by atoms with Crippen molar-refractivity contribution in [2.24, 2.45) is 17.3 Å². The highest BCUT2D eigenvalue weighted by Gasteiger charge is 2.35. The van der Waals surface area contributed by atoms with Gasteiger partial charge in [0.2, 0.25) is 0 Å². The molecular weight excluding hydrogens is 156 g/mol. The first-order chi connectivity index (χ1) is 6.05. The van der Waals surface area contributed by atoms with Crippen molar-refractivity contribution in [1.29, 1.82) is 0 Å². The normalized spacial score (nSPS) is 29.4. The average Bonchev–Trinajstić information content (AvgIpc) is 2.03. The first-order valence-electron chi connectivity index (χ1n) is 5.66. The maximum Gasteiger partial charge on any atom is 0.0983 e. The van der Waals surface area contributed by atoms with E-state index >= 15 is 0 Å². The van der Waals surface area contributed by atoms with Crippen LogP contribution in [0.25, 0.3) is 0 Å². The molecule has 0 spiro atoms. The van der Waals surface area contributed by atoms with Crippen LogP contribution in [0.4, 0.5) is 0 Å². The molecule has 0 bridgehead atoms. The molecule has 0 radical (unpaired) electrons. The number of hydrogen-bond acceptors (Lipinski definition) is 0. The van der Waals surface area contributed by atoms with Gasteiger partial charge < -0.3 is 6.42 Å². The Labute approximate surface area is 84.1 Å². The molecule has 2 unspecified atom stereocenters. The fourth-order valence-electron chi connectivity index (χ4n) is 2.49. The van der Waals surface area contributed by atoms with Crippen LogP contribution in [0.15, 0.2) is 0 Å². The minimum atomic E-state index is 0.585. The summed E-state index contributed by atoms with van der Waals surface area (Å²) in [6.07, 6.45) is 10.2. The Morgan fingerprint density at radius 1 is 1.54 bits per heavy atom. The van der Waals surface area contributed by atoms with Crippen LogP contribution in [-0.4, -0.2) is 0 Å². The van der Waals surface area contributed by atoms with Gasteiger partial charge in [-0.3, -0.25) is 0 Å². The minimum absolute atomic E-state index is 0.585. The SMILES string of the molecule is C[CH-]CC(C)C1[CH+]CCC(C)(C)C1. The molecule has 0 N–H and O–H groups in total. The minimum Gasteiger partial charge on any atom is -0.331 e. The largest absolute Gasteiger partial charge is 0.331 e. The summed E-state index contributed by atoms with van der Waals surface area (Å²) in [4.78, 5) is 0. The molecule has 0 aromatic carbocycles. The molecule has 0 saturated heterocycles. The standard InChI is InChI=1S/C13H24/c1-5-7-11(2)12-8-6-9-13(3,4)10-12/h5,8,11-12H,6-7,9-10H2,1-4H3. The molecule has 2 atom stereocenters. The predicted molar refractivity (Wildman–Crippen MR) is 59.2 cm³/mol. The van der Waals surface area contributed by atoms with Gasteiger partial charge in [-0.25, -0.2) is 0 Å². The first-order valence-corrected chi connectivity index (χ1v) is 5.66. The Morgan fingerprint density at radius 3 is 2.77 bits per heavy atom. The lowest BCUT2D eigenvalue weighted by Gasteiger charge is -2.33. The molecule has 1 saturated carbocycles. The summed E-state index contributed by atoms with van der Waals surface area (Å²) in [7, 11) is 0. The van der Waals surface area contributed by atoms with E-state index in [0.717, 1.165) is 11.8 Å². The molecule has 1 aliphatic carbocycles. The van der Waals surface area contributed by atoms with E-state index in [1.165, 1.54) is 25.7 Å². The topological polar surface area (TPSA) is 0 Å². The molecule has 1 rings (SSSR count). The van der Waals surface area contributed by atoms with Gasteiger partial charge in [0.05, 0.1) is 18.8 Å². The van der Waals surface area contributed by atoms with Crippen molar-refractivity contribution in [2.75, 3.05) is 0 Å². The van der Waals surface area contributed by atoms with E-state index < -0.39 is 0 Å². The summed E-state index contributed by atoms with van der Waals surface area (Å²) in [6, 6.07) is 0. The van der Waals surface area contributed by atoms with Crippen molar-refractivity contribution in [3.8, 4) is 0 Å². The van der Waals surface area contributed by atoms with Crippen molar-refractivity contribution in [3.05, 3.63) is 12.8 Å². The van der Waals surface area contributed by atoms with Gasteiger partial charge in [0.1, 0.15) is 0 Å². The lowest BCUT2D eigenvalue weighted by atomic mass is 9.68. The van der Waals surface area contributed by atoms with Crippen LogP contribution in [0.2, 0.25) is 0 Å². The molecule has 0 heteroatoms. The van der Waals surface area contributed by atoms with E-state index in [4.69, 9.17) is 0 Å². The molecule has 1 aliphatic rings. The summed E-state index contributed by atoms with van der Waals surface area (Å²) in [6.45, 7) is 9.39. The average molecular weight is 180 g/mol. The molecule has 0 amide bonds. The molecule has 76 valence electrons. The Bertz CT molecular complexity index is 146. The van der Waals surface area contributed by atoms with E-state index in [9.17, 15) is 0 Å². The molecule has 0 nitrogen and oxygen atoms in total. The van der Waals surface area contributed by atoms with Gasteiger partial charge in [-0.2, -0.15) is 13.3 Å². The lowest BCUT2D eigenvalue weighted by molar-refractivity contribution is 0.183. The van der Waals surface area contributed by atoms with Crippen LogP contribution in [0.5, 0.6) is 0 Å². The highest BCUT2D eigenvalue weighted by molar-refractivity contribution is 4.92. The Balaban J connectivity index is 2.42. The van der Waals surface area contributed by atoms with E-state index in [2.05, 4.69) is 40.5 Å². The van der Waals surface area contributed by atoms with Crippen LogP contribution >= 0.6 is 0 Å². The highest BCUT2D eigenvalue weighted by atomic mass is 14.4. The van der Waals surface area contributed by atoms with Gasteiger partial charge in [0.15, 0.2) is 0 Å². The molecular formula is C13H24. The van der Waals surface area contributed by atoms with E-state index in [-0.39, 0.29) is 0 Å². The zero-order valence-electron chi connectivity index (χ0n) is 9.64. The van der Waals surface area contributed by atoms with Gasteiger partial charge in [-0.1, -0.05) is 20.8 Å². The summed E-state index contributed by atoms with van der Waals surface area (Å²) in [5.41, 5.74) is 0.585. The Morgan fingerprint density at radius 2 is 2.23 bits per heavy atom. The second kappa shape index (κ2) is 4.39. The highest BCUT2D eigenvalue weighted by Crippen LogP contribution is 2.41. The van der Waals surface area contributed by atoms with Gasteiger partial charge in [-0.05, 0) is 24.2 Å². The van der Waals surface area contributed by atoms with Crippen LogP contribution < -0.4 is 0 Å². The van der Waals surface area contributed by atoms with Gasteiger partial charge in [0, 0.05) is 0 Å². The molecule has 1 fully saturated rings. The van der Waals surface area contributed by atoms with E-state index in [1.54, 1.807) is 0 Å². The van der Waals surface area contributed by atoms with Crippen LogP contribution in [0, 0.1) is 30.1 Å². The summed E-state index contributed by atoms with van der Waals surface area (Å²) < 4.78 is 0. The third kappa shape index (κ3) is 3.25. The number of hydrogen-bond donors (Lipinski definition) is 0. The van der Waals surface area contributed by atoms with Crippen molar-refractivity contribution >= 4 is 0 Å². The third-order valence-corrected chi connectivity index (χ3v) is 3.42. The van der Waals surface area contributed by atoms with E-state index in [0.29, 0.717) is 5.41 Å². The summed E-state index contributed by atoms with van der Waals surface area (Å²) in [5, 5.41) is 0. The zero-order valence-corrected chi connectivity index (χ0v) is 9.64. The second-order valence-corrected chi connectivity index (χ2v) is 5.43. The molecule has 13 heavy (non-hydrogen) atoms. The Kier molecular flexibility index (Phi) is 3.70. The third-order valence-electron chi connectivity index (χ3n) is 3.42. The zero-order chi connectivity index (χ0) is 9.90. The molecule has 0 aliphatic heterocycles. The van der Waals surface area contributed by atoms with Gasteiger partial charge in [-0.15, -0.1) is 0 Å². The van der Waals surface area contributed by atoms with Crippen LogP contribution in [-0.2, 0) is 0 Å². The predicted octanol–water partition coefficient (Wildman–Crippen LogP) is 4.27. The van der Waals surface area contributed by atoms with Crippen molar-refractivity contribution < 1.29 is 0 Å². The Hall–Kier alpha value is -0.130. The fraction of sp³-hybridized carbons (Fsp3) is 0.846. The maximum atomic E-state index is 2.55. The summed E-state index contributed by atoms with van der Waals surface area (Å²) in [5.74, 6) is 1.71. The van der Waals surface area contributed by atoms with Crippen LogP contribution in [0.3, 0.4) is 0 Å². The lowest BCUT2D eigenvalue weighted by Crippen LogP contribution is -2.27. The van der Waals surface area contributed by atoms with Crippen molar-refractivity contribution in [1.82, 2.24) is 0 Å². The maximum absolute atomic E-state index is 2.55. The van der Waals surface area contributed by atoms with Crippen molar-refractivity contribution in [2.45, 2.75) is 53.4 Å². The smallest absolute Gasteiger partial charge is 0.0983 e. The van der Waals surface area contributed by atoms with Gasteiger partial charge >= 0.3 is 0 Å². The quantitative estimate of drug-likeness (QED) is 0.569. The number of rotatable bonds is 3. The summed E-state index contributed by atoms with van der Waals surface area (Å²) >= 11 is 0.